The number of hydrogen-bond donors (Lipinski definition) is 2. The van der Waals surface area contributed by atoms with Gasteiger partial charge in [0.15, 0.2) is 5.96 Å². The molecular weight excluding hydrogens is 210 g/mol. The molecule has 0 aromatic carbocycles. The smallest absolute Gasteiger partial charge is 0.188 e. The van der Waals surface area contributed by atoms with E-state index >= 15 is 0 Å². The average molecular weight is 237 g/mol. The van der Waals surface area contributed by atoms with Crippen LogP contribution in [0.1, 0.15) is 46.0 Å². The van der Waals surface area contributed by atoms with Crippen LogP contribution in [-0.4, -0.2) is 19.0 Å². The third kappa shape index (κ3) is 6.35. The van der Waals surface area contributed by atoms with E-state index in [-0.39, 0.29) is 0 Å². The zero-order chi connectivity index (χ0) is 12.7. The fraction of sp³-hybridized carbons (Fsp3) is 0.786. The first-order chi connectivity index (χ1) is 8.08. The van der Waals surface area contributed by atoms with E-state index in [1.165, 1.54) is 32.1 Å². The van der Waals surface area contributed by atoms with E-state index < -0.39 is 0 Å². The molecule has 0 amide bonds. The van der Waals surface area contributed by atoms with E-state index in [1.54, 1.807) is 0 Å². The van der Waals surface area contributed by atoms with Crippen LogP contribution in [0.25, 0.3) is 0 Å². The van der Waals surface area contributed by atoms with Crippen LogP contribution >= 0.6 is 0 Å². The second-order valence-electron chi connectivity index (χ2n) is 5.51. The van der Waals surface area contributed by atoms with Gasteiger partial charge in [-0.15, -0.1) is 0 Å². The number of nitrogens with two attached hydrogens (primary N) is 1. The first-order valence-electron chi connectivity index (χ1n) is 6.76. The molecule has 98 valence electrons. The molecule has 3 heteroatoms. The third-order valence-corrected chi connectivity index (χ3v) is 3.42. The number of guanidine groups is 1. The summed E-state index contributed by atoms with van der Waals surface area (Å²) in [6, 6.07) is 0. The topological polar surface area (TPSA) is 50.4 Å². The lowest BCUT2D eigenvalue weighted by molar-refractivity contribution is 0.270. The monoisotopic (exact) mass is 237 g/mol. The normalized spacial score (nSPS) is 25.6. The van der Waals surface area contributed by atoms with Crippen LogP contribution < -0.4 is 11.1 Å². The summed E-state index contributed by atoms with van der Waals surface area (Å²) in [5.74, 6) is 2.33. The molecule has 0 spiro atoms. The zero-order valence-corrected chi connectivity index (χ0v) is 11.3. The Hall–Kier alpha value is -0.990. The summed E-state index contributed by atoms with van der Waals surface area (Å²) >= 11 is 0. The lowest BCUT2D eigenvalue weighted by Gasteiger charge is -2.26. The molecule has 0 aromatic rings. The number of hydrogen-bond acceptors (Lipinski definition) is 1. The molecule has 0 aromatic heterocycles. The SMILES string of the molecule is C=C(C)CN=C(N)NCCC1CCCC(C)C1. The Morgan fingerprint density at radius 2 is 2.24 bits per heavy atom. The van der Waals surface area contributed by atoms with E-state index in [2.05, 4.69) is 23.8 Å². The minimum absolute atomic E-state index is 0.553. The molecule has 0 saturated heterocycles. The van der Waals surface area contributed by atoms with Crippen molar-refractivity contribution < 1.29 is 0 Å². The minimum atomic E-state index is 0.553. The zero-order valence-electron chi connectivity index (χ0n) is 11.3. The fourth-order valence-corrected chi connectivity index (χ4v) is 2.50. The van der Waals surface area contributed by atoms with Gasteiger partial charge in [-0.05, 0) is 31.6 Å². The molecule has 1 aliphatic carbocycles. The van der Waals surface area contributed by atoms with Crippen molar-refractivity contribution in [2.24, 2.45) is 22.6 Å². The van der Waals surface area contributed by atoms with Crippen molar-refractivity contribution in [3.05, 3.63) is 12.2 Å². The maximum absolute atomic E-state index is 5.76. The van der Waals surface area contributed by atoms with Crippen molar-refractivity contribution in [3.8, 4) is 0 Å². The van der Waals surface area contributed by atoms with Crippen LogP contribution in [0.3, 0.4) is 0 Å². The lowest BCUT2D eigenvalue weighted by atomic mass is 9.81. The summed E-state index contributed by atoms with van der Waals surface area (Å²) in [6.07, 6.45) is 6.78. The van der Waals surface area contributed by atoms with E-state index in [4.69, 9.17) is 5.73 Å². The van der Waals surface area contributed by atoms with Gasteiger partial charge >= 0.3 is 0 Å². The van der Waals surface area contributed by atoms with Gasteiger partial charge in [0.1, 0.15) is 0 Å². The molecule has 0 aliphatic heterocycles. The molecule has 0 heterocycles. The molecule has 0 radical (unpaired) electrons. The number of nitrogens with one attached hydrogen (secondary N) is 1. The van der Waals surface area contributed by atoms with Crippen LogP contribution in [0.5, 0.6) is 0 Å². The second-order valence-corrected chi connectivity index (χ2v) is 5.51. The van der Waals surface area contributed by atoms with Crippen LogP contribution in [0.2, 0.25) is 0 Å². The minimum Gasteiger partial charge on any atom is -0.370 e. The number of rotatable bonds is 5. The van der Waals surface area contributed by atoms with Crippen molar-refractivity contribution in [2.75, 3.05) is 13.1 Å². The molecule has 3 N–H and O–H groups in total. The average Bonchev–Trinajstić information content (AvgIpc) is 2.26. The van der Waals surface area contributed by atoms with Crippen LogP contribution in [0.4, 0.5) is 0 Å². The Balaban J connectivity index is 2.14. The van der Waals surface area contributed by atoms with E-state index in [9.17, 15) is 0 Å². The highest BCUT2D eigenvalue weighted by Gasteiger charge is 2.18. The summed E-state index contributed by atoms with van der Waals surface area (Å²) in [4.78, 5) is 4.21. The lowest BCUT2D eigenvalue weighted by Crippen LogP contribution is -2.33. The maximum Gasteiger partial charge on any atom is 0.188 e. The molecule has 2 unspecified atom stereocenters. The van der Waals surface area contributed by atoms with Gasteiger partial charge in [-0.3, -0.25) is 0 Å². The van der Waals surface area contributed by atoms with Gasteiger partial charge in [-0.25, -0.2) is 4.99 Å². The molecule has 1 rings (SSSR count). The van der Waals surface area contributed by atoms with Crippen molar-refractivity contribution in [1.29, 1.82) is 0 Å². The summed E-state index contributed by atoms with van der Waals surface area (Å²) in [5, 5.41) is 3.19. The Morgan fingerprint density at radius 3 is 2.88 bits per heavy atom. The van der Waals surface area contributed by atoms with Gasteiger partial charge in [0.25, 0.3) is 0 Å². The maximum atomic E-state index is 5.76. The highest BCUT2D eigenvalue weighted by molar-refractivity contribution is 5.77. The van der Waals surface area contributed by atoms with Gasteiger partial charge in [0.05, 0.1) is 6.54 Å². The predicted octanol–water partition coefficient (Wildman–Crippen LogP) is 2.68. The largest absolute Gasteiger partial charge is 0.370 e. The van der Waals surface area contributed by atoms with Crippen molar-refractivity contribution in [1.82, 2.24) is 5.32 Å². The second kappa shape index (κ2) is 7.36. The van der Waals surface area contributed by atoms with Crippen LogP contribution in [0, 0.1) is 11.8 Å². The summed E-state index contributed by atoms with van der Waals surface area (Å²) in [5.41, 5.74) is 6.80. The molecule has 0 bridgehead atoms. The molecular formula is C14H27N3. The third-order valence-electron chi connectivity index (χ3n) is 3.42. The Morgan fingerprint density at radius 1 is 1.47 bits per heavy atom. The van der Waals surface area contributed by atoms with Gasteiger partial charge in [0.2, 0.25) is 0 Å². The highest BCUT2D eigenvalue weighted by Crippen LogP contribution is 2.30. The predicted molar refractivity (Wildman–Crippen MR) is 75.0 cm³/mol. The van der Waals surface area contributed by atoms with Crippen molar-refractivity contribution in [2.45, 2.75) is 46.0 Å². The first kappa shape index (κ1) is 14.1. The van der Waals surface area contributed by atoms with E-state index in [0.717, 1.165) is 24.0 Å². The fourth-order valence-electron chi connectivity index (χ4n) is 2.50. The first-order valence-corrected chi connectivity index (χ1v) is 6.76. The van der Waals surface area contributed by atoms with Gasteiger partial charge < -0.3 is 11.1 Å². The summed E-state index contributed by atoms with van der Waals surface area (Å²) in [7, 11) is 0. The summed E-state index contributed by atoms with van der Waals surface area (Å²) < 4.78 is 0. The summed E-state index contributed by atoms with van der Waals surface area (Å²) in [6.45, 7) is 9.69. The van der Waals surface area contributed by atoms with Gasteiger partial charge in [-0.1, -0.05) is 38.3 Å². The van der Waals surface area contributed by atoms with Gasteiger partial charge in [-0.2, -0.15) is 0 Å². The standard InChI is InChI=1S/C14H27N3/c1-11(2)10-17-14(15)16-8-7-13-6-4-5-12(3)9-13/h12-13H,1,4-10H2,2-3H3,(H3,15,16,17). The van der Waals surface area contributed by atoms with E-state index in [0.29, 0.717) is 12.5 Å². The molecule has 1 saturated carbocycles. The molecule has 1 fully saturated rings. The molecule has 2 atom stereocenters. The van der Waals surface area contributed by atoms with E-state index in [1.807, 2.05) is 6.92 Å². The highest BCUT2D eigenvalue weighted by atomic mass is 15.1. The van der Waals surface area contributed by atoms with Gasteiger partial charge in [0, 0.05) is 6.54 Å². The molecule has 1 aliphatic rings. The van der Waals surface area contributed by atoms with Crippen LogP contribution in [-0.2, 0) is 0 Å². The van der Waals surface area contributed by atoms with Crippen molar-refractivity contribution in [3.63, 3.8) is 0 Å². The molecule has 17 heavy (non-hydrogen) atoms. The molecule has 3 nitrogen and oxygen atoms in total. The van der Waals surface area contributed by atoms with Crippen LogP contribution in [0.15, 0.2) is 17.1 Å². The quantitative estimate of drug-likeness (QED) is 0.439. The number of nitrogens with zero attached hydrogens (tertiary/aromatic N) is 1. The Labute approximate surface area is 106 Å². The Kier molecular flexibility index (Phi) is 6.09. The Bertz CT molecular complexity index is 271. The van der Waals surface area contributed by atoms with Crippen molar-refractivity contribution >= 4 is 5.96 Å². The number of aliphatic imine (C=N–C) groups is 1.